The Morgan fingerprint density at radius 1 is 1.30 bits per heavy atom. The molecule has 0 bridgehead atoms. The number of hydrogen-bond donors (Lipinski definition) is 0. The number of rotatable bonds is 5. The Hall–Kier alpha value is -2.45. The van der Waals surface area contributed by atoms with Gasteiger partial charge in [0, 0.05) is 37.7 Å². The van der Waals surface area contributed by atoms with Crippen LogP contribution < -0.4 is 0 Å². The van der Waals surface area contributed by atoms with Gasteiger partial charge in [0.2, 0.25) is 5.91 Å². The van der Waals surface area contributed by atoms with Crippen molar-refractivity contribution in [1.82, 2.24) is 19.6 Å². The largest absolute Gasteiger partial charge is 0.338 e. The summed E-state index contributed by atoms with van der Waals surface area (Å²) in [6.45, 7) is 6.80. The molecule has 8 nitrogen and oxygen atoms in total. The highest BCUT2D eigenvalue weighted by Gasteiger charge is 2.29. The summed E-state index contributed by atoms with van der Waals surface area (Å²) in [6.07, 6.45) is 1.20. The number of aromatic nitrogens is 2. The van der Waals surface area contributed by atoms with E-state index in [-0.39, 0.29) is 11.6 Å². The normalized spacial score (nSPS) is 16.3. The van der Waals surface area contributed by atoms with Gasteiger partial charge >= 0.3 is 5.69 Å². The SMILES string of the molecule is Cc1c([N+](=O)[O-])cnn1C(C)C(=O)N1CCN(Cc2ccccc2Cl)CC1. The molecule has 2 aromatic rings. The number of hydrogen-bond acceptors (Lipinski definition) is 5. The van der Waals surface area contributed by atoms with E-state index in [1.165, 1.54) is 10.9 Å². The molecule has 1 atom stereocenters. The molecule has 1 aromatic heterocycles. The second-order valence-corrected chi connectivity index (χ2v) is 7.09. The average Bonchev–Trinajstić information content (AvgIpc) is 3.05. The van der Waals surface area contributed by atoms with Gasteiger partial charge < -0.3 is 4.90 Å². The minimum Gasteiger partial charge on any atom is -0.338 e. The van der Waals surface area contributed by atoms with Crippen LogP contribution in [0.25, 0.3) is 0 Å². The smallest absolute Gasteiger partial charge is 0.309 e. The highest BCUT2D eigenvalue weighted by molar-refractivity contribution is 6.31. The van der Waals surface area contributed by atoms with Gasteiger partial charge in [0.05, 0.1) is 4.92 Å². The third kappa shape index (κ3) is 4.12. The molecule has 1 fully saturated rings. The molecule has 1 unspecified atom stereocenters. The number of piperazine rings is 1. The molecule has 144 valence electrons. The Kier molecular flexibility index (Phi) is 5.76. The van der Waals surface area contributed by atoms with Crippen LogP contribution in [0.1, 0.15) is 24.2 Å². The first-order chi connectivity index (χ1) is 12.9. The molecule has 1 aliphatic rings. The summed E-state index contributed by atoms with van der Waals surface area (Å²) in [7, 11) is 0. The van der Waals surface area contributed by atoms with Crippen LogP contribution in [0.5, 0.6) is 0 Å². The Balaban J connectivity index is 1.60. The molecule has 0 saturated carbocycles. The second-order valence-electron chi connectivity index (χ2n) is 6.69. The number of carbonyl (C=O) groups is 1. The lowest BCUT2D eigenvalue weighted by atomic mass is 10.2. The van der Waals surface area contributed by atoms with Gasteiger partial charge in [0.25, 0.3) is 0 Å². The summed E-state index contributed by atoms with van der Waals surface area (Å²) in [5.41, 5.74) is 1.39. The molecule has 1 saturated heterocycles. The van der Waals surface area contributed by atoms with Gasteiger partial charge in [-0.05, 0) is 25.5 Å². The average molecular weight is 392 g/mol. The first-order valence-corrected chi connectivity index (χ1v) is 9.19. The van der Waals surface area contributed by atoms with E-state index in [1.807, 2.05) is 24.3 Å². The molecule has 1 aromatic carbocycles. The highest BCUT2D eigenvalue weighted by Crippen LogP contribution is 2.22. The quantitative estimate of drug-likeness (QED) is 0.577. The summed E-state index contributed by atoms with van der Waals surface area (Å²) < 4.78 is 1.43. The van der Waals surface area contributed by atoms with Gasteiger partial charge in [-0.2, -0.15) is 5.10 Å². The lowest BCUT2D eigenvalue weighted by Crippen LogP contribution is -2.50. The third-order valence-corrected chi connectivity index (χ3v) is 5.34. The van der Waals surface area contributed by atoms with Crippen LogP contribution in [0.4, 0.5) is 5.69 Å². The molecule has 0 aliphatic carbocycles. The Morgan fingerprint density at radius 3 is 2.56 bits per heavy atom. The van der Waals surface area contributed by atoms with Crippen LogP contribution in [-0.4, -0.2) is 56.6 Å². The van der Waals surface area contributed by atoms with E-state index in [2.05, 4.69) is 10.00 Å². The van der Waals surface area contributed by atoms with Crippen LogP contribution in [0, 0.1) is 17.0 Å². The zero-order chi connectivity index (χ0) is 19.6. The number of halogens is 1. The molecule has 1 amide bonds. The van der Waals surface area contributed by atoms with Crippen molar-refractivity contribution in [3.8, 4) is 0 Å². The van der Waals surface area contributed by atoms with Crippen molar-refractivity contribution in [2.45, 2.75) is 26.4 Å². The lowest BCUT2D eigenvalue weighted by molar-refractivity contribution is -0.385. The second kappa shape index (κ2) is 8.06. The van der Waals surface area contributed by atoms with Gasteiger partial charge in [-0.25, -0.2) is 0 Å². The molecule has 0 N–H and O–H groups in total. The number of amides is 1. The topological polar surface area (TPSA) is 84.5 Å². The monoisotopic (exact) mass is 391 g/mol. The molecule has 9 heteroatoms. The molecular weight excluding hydrogens is 370 g/mol. The molecule has 3 rings (SSSR count). The molecular formula is C18H22ClN5O3. The maximum absolute atomic E-state index is 12.8. The first-order valence-electron chi connectivity index (χ1n) is 8.81. The van der Waals surface area contributed by atoms with Gasteiger partial charge in [-0.3, -0.25) is 24.5 Å². The van der Waals surface area contributed by atoms with E-state index in [1.54, 1.807) is 18.7 Å². The van der Waals surface area contributed by atoms with Crippen LogP contribution in [0.3, 0.4) is 0 Å². The van der Waals surface area contributed by atoms with E-state index in [9.17, 15) is 14.9 Å². The maximum Gasteiger partial charge on any atom is 0.309 e. The summed E-state index contributed by atoms with van der Waals surface area (Å²) in [5.74, 6) is -0.0755. The van der Waals surface area contributed by atoms with Gasteiger partial charge in [-0.15, -0.1) is 0 Å². The van der Waals surface area contributed by atoms with Gasteiger partial charge in [0.15, 0.2) is 0 Å². The number of nitro groups is 1. The number of carbonyl (C=O) groups excluding carboxylic acids is 1. The van der Waals surface area contributed by atoms with Crippen LogP contribution in [0.2, 0.25) is 5.02 Å². The molecule has 0 radical (unpaired) electrons. The fourth-order valence-corrected chi connectivity index (χ4v) is 3.54. The van der Waals surface area contributed by atoms with E-state index in [0.717, 1.165) is 30.2 Å². The Morgan fingerprint density at radius 2 is 1.96 bits per heavy atom. The first kappa shape index (κ1) is 19.3. The van der Waals surface area contributed by atoms with Crippen molar-refractivity contribution >= 4 is 23.2 Å². The van der Waals surface area contributed by atoms with Crippen molar-refractivity contribution in [2.24, 2.45) is 0 Å². The summed E-state index contributed by atoms with van der Waals surface area (Å²) >= 11 is 6.22. The van der Waals surface area contributed by atoms with Crippen LogP contribution >= 0.6 is 11.6 Å². The van der Waals surface area contributed by atoms with Gasteiger partial charge in [-0.1, -0.05) is 29.8 Å². The zero-order valence-electron chi connectivity index (χ0n) is 15.3. The number of benzene rings is 1. The van der Waals surface area contributed by atoms with E-state index in [0.29, 0.717) is 18.8 Å². The molecule has 2 heterocycles. The lowest BCUT2D eigenvalue weighted by Gasteiger charge is -2.36. The van der Waals surface area contributed by atoms with E-state index < -0.39 is 11.0 Å². The minimum absolute atomic E-state index is 0.0702. The zero-order valence-corrected chi connectivity index (χ0v) is 16.1. The predicted molar refractivity (Wildman–Crippen MR) is 102 cm³/mol. The van der Waals surface area contributed by atoms with Crippen LogP contribution in [0.15, 0.2) is 30.5 Å². The standard InChI is InChI=1S/C18H22ClN5O3/c1-13-17(24(26)27)11-20-23(13)14(2)18(25)22-9-7-21(8-10-22)12-15-5-3-4-6-16(15)19/h3-6,11,14H,7-10,12H2,1-2H3. The van der Waals surface area contributed by atoms with Crippen molar-refractivity contribution in [3.05, 3.63) is 56.9 Å². The van der Waals surface area contributed by atoms with Crippen LogP contribution in [-0.2, 0) is 11.3 Å². The van der Waals surface area contributed by atoms with E-state index >= 15 is 0 Å². The summed E-state index contributed by atoms with van der Waals surface area (Å²) in [4.78, 5) is 27.4. The fourth-order valence-electron chi connectivity index (χ4n) is 3.35. The highest BCUT2D eigenvalue weighted by atomic mass is 35.5. The van der Waals surface area contributed by atoms with Crippen molar-refractivity contribution in [3.63, 3.8) is 0 Å². The van der Waals surface area contributed by atoms with Crippen molar-refractivity contribution in [1.29, 1.82) is 0 Å². The molecule has 27 heavy (non-hydrogen) atoms. The summed E-state index contributed by atoms with van der Waals surface area (Å²) in [6, 6.07) is 7.19. The summed E-state index contributed by atoms with van der Waals surface area (Å²) in [5, 5.41) is 15.8. The maximum atomic E-state index is 12.8. The van der Waals surface area contributed by atoms with Crippen molar-refractivity contribution in [2.75, 3.05) is 26.2 Å². The Bertz CT molecular complexity index is 845. The van der Waals surface area contributed by atoms with E-state index in [4.69, 9.17) is 11.6 Å². The number of nitrogens with zero attached hydrogens (tertiary/aromatic N) is 5. The minimum atomic E-state index is -0.575. The van der Waals surface area contributed by atoms with Gasteiger partial charge in [0.1, 0.15) is 17.9 Å². The fraction of sp³-hybridized carbons (Fsp3) is 0.444. The predicted octanol–water partition coefficient (Wildman–Crippen LogP) is 2.66. The van der Waals surface area contributed by atoms with Crippen molar-refractivity contribution < 1.29 is 9.72 Å². The third-order valence-electron chi connectivity index (χ3n) is 4.98. The molecule has 1 aliphatic heterocycles. The molecule has 0 spiro atoms. The Labute approximate surface area is 162 Å².